The average molecular weight is 172 g/mol. The van der Waals surface area contributed by atoms with Crippen molar-refractivity contribution in [3.63, 3.8) is 0 Å². The van der Waals surface area contributed by atoms with Crippen molar-refractivity contribution in [1.29, 1.82) is 0 Å². The molecule has 0 aromatic carbocycles. The molecule has 0 saturated carbocycles. The van der Waals surface area contributed by atoms with Crippen LogP contribution in [0.25, 0.3) is 0 Å². The average Bonchev–Trinajstić information content (AvgIpc) is 2.56. The van der Waals surface area contributed by atoms with Crippen molar-refractivity contribution in [3.05, 3.63) is 47.8 Å². The topological polar surface area (TPSA) is 9.23 Å². The highest BCUT2D eigenvalue weighted by molar-refractivity contribution is 5.38. The number of hydrogen-bond donors (Lipinski definition) is 0. The lowest BCUT2D eigenvalue weighted by Gasteiger charge is -2.16. The van der Waals surface area contributed by atoms with Gasteiger partial charge in [-0.15, -0.1) is 0 Å². The molecule has 0 amide bonds. The molecule has 0 saturated heterocycles. The molecule has 1 nitrogen and oxygen atoms in total. The first kappa shape index (κ1) is 7.19. The molecule has 0 spiro atoms. The molecule has 0 N–H and O–H groups in total. The standard InChI is InChI=1S/C12H12O/c1-3-7-11-9(5-1)10-6-2-4-8-12(10)13-11/h1,3-5,7-9,11H,2,6H2/t9?,11-/m0/s1. The molecule has 13 heavy (non-hydrogen) atoms. The molecule has 1 heterocycles. The van der Waals surface area contributed by atoms with Crippen LogP contribution in [-0.2, 0) is 4.74 Å². The lowest BCUT2D eigenvalue weighted by atomic mass is 9.87. The number of allylic oxidation sites excluding steroid dienone is 4. The second-order valence-electron chi connectivity index (χ2n) is 3.71. The molecule has 0 fully saturated rings. The fraction of sp³-hybridized carbons (Fsp3) is 0.333. The van der Waals surface area contributed by atoms with Crippen LogP contribution in [0.4, 0.5) is 0 Å². The maximum Gasteiger partial charge on any atom is 0.127 e. The molecule has 0 aromatic heterocycles. The van der Waals surface area contributed by atoms with Crippen molar-refractivity contribution < 1.29 is 4.74 Å². The first-order valence-electron chi connectivity index (χ1n) is 4.86. The van der Waals surface area contributed by atoms with E-state index in [1.807, 2.05) is 0 Å². The summed E-state index contributed by atoms with van der Waals surface area (Å²) in [6.07, 6.45) is 15.5. The zero-order chi connectivity index (χ0) is 8.67. The second kappa shape index (κ2) is 2.63. The van der Waals surface area contributed by atoms with E-state index in [1.54, 1.807) is 0 Å². The smallest absolute Gasteiger partial charge is 0.127 e. The Morgan fingerprint density at radius 1 is 1.23 bits per heavy atom. The molecule has 66 valence electrons. The zero-order valence-electron chi connectivity index (χ0n) is 7.44. The fourth-order valence-corrected chi connectivity index (χ4v) is 2.27. The molecule has 1 heteroatoms. The Bertz CT molecular complexity index is 344. The first-order valence-corrected chi connectivity index (χ1v) is 4.86. The largest absolute Gasteiger partial charge is 0.485 e. The molecule has 3 rings (SSSR count). The van der Waals surface area contributed by atoms with Crippen LogP contribution in [0.3, 0.4) is 0 Å². The Kier molecular flexibility index (Phi) is 1.45. The van der Waals surface area contributed by atoms with E-state index in [1.165, 1.54) is 18.4 Å². The predicted octanol–water partition coefficient (Wildman–Crippen LogP) is 2.73. The van der Waals surface area contributed by atoms with Crippen LogP contribution in [-0.4, -0.2) is 6.10 Å². The molecule has 0 aromatic rings. The van der Waals surface area contributed by atoms with Crippen LogP contribution in [0.5, 0.6) is 0 Å². The molecule has 0 radical (unpaired) electrons. The van der Waals surface area contributed by atoms with Crippen molar-refractivity contribution in [3.8, 4) is 0 Å². The van der Waals surface area contributed by atoms with E-state index in [2.05, 4.69) is 36.5 Å². The van der Waals surface area contributed by atoms with Gasteiger partial charge in [0.15, 0.2) is 0 Å². The summed E-state index contributed by atoms with van der Waals surface area (Å²) < 4.78 is 5.82. The van der Waals surface area contributed by atoms with Crippen molar-refractivity contribution in [1.82, 2.24) is 0 Å². The van der Waals surface area contributed by atoms with Crippen LogP contribution in [0.15, 0.2) is 47.8 Å². The van der Waals surface area contributed by atoms with Gasteiger partial charge in [0.1, 0.15) is 11.9 Å². The Labute approximate surface area is 78.1 Å². The quantitative estimate of drug-likeness (QED) is 0.546. The van der Waals surface area contributed by atoms with Gasteiger partial charge in [-0.05, 0) is 30.6 Å². The van der Waals surface area contributed by atoms with Crippen LogP contribution in [0, 0.1) is 5.92 Å². The van der Waals surface area contributed by atoms with Gasteiger partial charge in [0.05, 0.1) is 0 Å². The van der Waals surface area contributed by atoms with Crippen molar-refractivity contribution in [2.45, 2.75) is 18.9 Å². The van der Waals surface area contributed by atoms with E-state index in [9.17, 15) is 0 Å². The summed E-state index contributed by atoms with van der Waals surface area (Å²) in [5.41, 5.74) is 1.49. The summed E-state index contributed by atoms with van der Waals surface area (Å²) in [7, 11) is 0. The molecule has 2 aliphatic carbocycles. The highest BCUT2D eigenvalue weighted by Gasteiger charge is 2.33. The van der Waals surface area contributed by atoms with Crippen LogP contribution in [0.2, 0.25) is 0 Å². The van der Waals surface area contributed by atoms with E-state index >= 15 is 0 Å². The van der Waals surface area contributed by atoms with Gasteiger partial charge in [-0.3, -0.25) is 0 Å². The number of fused-ring (bicyclic) bond motifs is 2. The second-order valence-corrected chi connectivity index (χ2v) is 3.71. The lowest BCUT2D eigenvalue weighted by molar-refractivity contribution is 0.173. The van der Waals surface area contributed by atoms with E-state index in [0.717, 1.165) is 5.76 Å². The highest BCUT2D eigenvalue weighted by atomic mass is 16.5. The first-order chi connectivity index (χ1) is 6.45. The Balaban J connectivity index is 2.00. The van der Waals surface area contributed by atoms with Gasteiger partial charge in [0.2, 0.25) is 0 Å². The summed E-state index contributed by atoms with van der Waals surface area (Å²) in [6, 6.07) is 0. The maximum absolute atomic E-state index is 5.82. The van der Waals surface area contributed by atoms with Gasteiger partial charge in [0.25, 0.3) is 0 Å². The maximum atomic E-state index is 5.82. The minimum absolute atomic E-state index is 0.276. The van der Waals surface area contributed by atoms with Gasteiger partial charge in [0, 0.05) is 5.92 Å². The number of rotatable bonds is 0. The van der Waals surface area contributed by atoms with E-state index < -0.39 is 0 Å². The Hall–Kier alpha value is -1.24. The van der Waals surface area contributed by atoms with Crippen LogP contribution < -0.4 is 0 Å². The van der Waals surface area contributed by atoms with E-state index in [0.29, 0.717) is 5.92 Å². The predicted molar refractivity (Wildman–Crippen MR) is 52.0 cm³/mol. The lowest BCUT2D eigenvalue weighted by Crippen LogP contribution is -2.15. The molecule has 2 atom stereocenters. The van der Waals surface area contributed by atoms with Gasteiger partial charge in [-0.2, -0.15) is 0 Å². The van der Waals surface area contributed by atoms with E-state index in [4.69, 9.17) is 4.74 Å². The summed E-state index contributed by atoms with van der Waals surface area (Å²) in [6.45, 7) is 0. The SMILES string of the molecule is C1=CC2C3=C(C=CCC3)O[C@H]2C=C1. The van der Waals surface area contributed by atoms with Gasteiger partial charge < -0.3 is 4.74 Å². The normalized spacial score (nSPS) is 34.5. The molecule has 1 aliphatic heterocycles. The summed E-state index contributed by atoms with van der Waals surface area (Å²) >= 11 is 0. The molecular formula is C12H12O. The molecule has 0 bridgehead atoms. The monoisotopic (exact) mass is 172 g/mol. The van der Waals surface area contributed by atoms with Crippen LogP contribution in [0.1, 0.15) is 12.8 Å². The molecule has 1 unspecified atom stereocenters. The fourth-order valence-electron chi connectivity index (χ4n) is 2.27. The minimum Gasteiger partial charge on any atom is -0.485 e. The molecule has 3 aliphatic rings. The number of ether oxygens (including phenoxy) is 1. The summed E-state index contributed by atoms with van der Waals surface area (Å²) in [5, 5.41) is 0. The highest BCUT2D eigenvalue weighted by Crippen LogP contribution is 2.39. The van der Waals surface area contributed by atoms with Gasteiger partial charge in [-0.25, -0.2) is 0 Å². The summed E-state index contributed by atoms with van der Waals surface area (Å²) in [5.74, 6) is 1.64. The minimum atomic E-state index is 0.276. The third kappa shape index (κ3) is 0.998. The third-order valence-electron chi connectivity index (χ3n) is 2.92. The Morgan fingerprint density at radius 2 is 2.15 bits per heavy atom. The Morgan fingerprint density at radius 3 is 3.15 bits per heavy atom. The van der Waals surface area contributed by atoms with Crippen molar-refractivity contribution in [2.75, 3.05) is 0 Å². The van der Waals surface area contributed by atoms with Gasteiger partial charge >= 0.3 is 0 Å². The molecular weight excluding hydrogens is 160 g/mol. The van der Waals surface area contributed by atoms with Crippen molar-refractivity contribution >= 4 is 0 Å². The number of hydrogen-bond acceptors (Lipinski definition) is 1. The zero-order valence-corrected chi connectivity index (χ0v) is 7.44. The van der Waals surface area contributed by atoms with Gasteiger partial charge in [-0.1, -0.05) is 24.3 Å². The van der Waals surface area contributed by atoms with E-state index in [-0.39, 0.29) is 6.10 Å². The van der Waals surface area contributed by atoms with Crippen LogP contribution >= 0.6 is 0 Å². The van der Waals surface area contributed by atoms with Crippen molar-refractivity contribution in [2.24, 2.45) is 5.92 Å². The summed E-state index contributed by atoms with van der Waals surface area (Å²) in [4.78, 5) is 0. The third-order valence-corrected chi connectivity index (χ3v) is 2.92.